The van der Waals surface area contributed by atoms with Crippen LogP contribution in [0.2, 0.25) is 0 Å². The van der Waals surface area contributed by atoms with Gasteiger partial charge in [-0.2, -0.15) is 0 Å². The van der Waals surface area contributed by atoms with Gasteiger partial charge in [0.25, 0.3) is 0 Å². The predicted molar refractivity (Wildman–Crippen MR) is 86.9 cm³/mol. The van der Waals surface area contributed by atoms with E-state index in [2.05, 4.69) is 48.4 Å². The first kappa shape index (κ1) is 19.0. The Morgan fingerprint density at radius 2 is 1.95 bits per heavy atom. The summed E-state index contributed by atoms with van der Waals surface area (Å²) in [5.41, 5.74) is 1.33. The summed E-state index contributed by atoms with van der Waals surface area (Å²) in [7, 11) is 1.39. The summed E-state index contributed by atoms with van der Waals surface area (Å²) in [5.74, 6) is 0.897. The first-order chi connectivity index (χ1) is 9.54. The van der Waals surface area contributed by atoms with Gasteiger partial charge in [-0.15, -0.1) is 0 Å². The second-order valence-electron chi connectivity index (χ2n) is 4.60. The van der Waals surface area contributed by atoms with Crippen molar-refractivity contribution in [2.45, 2.75) is 45.4 Å². The van der Waals surface area contributed by atoms with Gasteiger partial charge in [0.05, 0.1) is 7.11 Å². The lowest BCUT2D eigenvalue weighted by molar-refractivity contribution is -0.139. The average molecular weight is 297 g/mol. The lowest BCUT2D eigenvalue weighted by Crippen LogP contribution is -2.17. The zero-order valence-corrected chi connectivity index (χ0v) is 14.2. The monoisotopic (exact) mass is 297 g/mol. The van der Waals surface area contributed by atoms with Crippen LogP contribution < -0.4 is 4.72 Å². The van der Waals surface area contributed by atoms with E-state index in [-0.39, 0.29) is 12.5 Å². The Labute approximate surface area is 127 Å². The Morgan fingerprint density at radius 1 is 1.30 bits per heavy atom. The van der Waals surface area contributed by atoms with E-state index in [4.69, 9.17) is 0 Å². The number of methoxy groups -OCH3 is 1. The number of benzene rings is 1. The third-order valence-corrected chi connectivity index (χ3v) is 3.80. The lowest BCUT2D eigenvalue weighted by atomic mass is 9.90. The third-order valence-electron chi connectivity index (χ3n) is 3.02. The molecule has 20 heavy (non-hydrogen) atoms. The normalized spacial score (nSPS) is 11.6. The van der Waals surface area contributed by atoms with E-state index in [0.717, 1.165) is 4.90 Å². The number of carbonyl (C=O) groups is 1. The fraction of sp³-hybridized carbons (Fsp3) is 0.562. The van der Waals surface area contributed by atoms with E-state index in [1.807, 2.05) is 19.9 Å². The molecular weight excluding hydrogens is 270 g/mol. The molecule has 0 aliphatic heterocycles. The molecule has 0 saturated heterocycles. The first-order valence-electron chi connectivity index (χ1n) is 7.11. The minimum absolute atomic E-state index is 0.213. The van der Waals surface area contributed by atoms with Crippen LogP contribution in [0.3, 0.4) is 0 Å². The zero-order valence-electron chi connectivity index (χ0n) is 13.4. The molecule has 4 heteroatoms. The van der Waals surface area contributed by atoms with Gasteiger partial charge in [-0.25, -0.2) is 4.72 Å². The van der Waals surface area contributed by atoms with Gasteiger partial charge in [-0.1, -0.05) is 46.8 Å². The molecule has 1 aromatic carbocycles. The second-order valence-corrected chi connectivity index (χ2v) is 5.57. The molecule has 0 heterocycles. The standard InChI is InChI=1S/C14H21NO2S.C2H6/c1-10(2)11(3)12-6-5-7-13(8-12)18-15-9-14(16)17-4;1-2/h5-8,10-11,15H,9H2,1-4H3;1-2H3. The summed E-state index contributed by atoms with van der Waals surface area (Å²) >= 11 is 1.46. The molecule has 3 nitrogen and oxygen atoms in total. The topological polar surface area (TPSA) is 38.3 Å². The molecule has 1 atom stereocenters. The van der Waals surface area contributed by atoms with Crippen LogP contribution in [0.25, 0.3) is 0 Å². The van der Waals surface area contributed by atoms with Gasteiger partial charge in [-0.3, -0.25) is 4.79 Å². The van der Waals surface area contributed by atoms with Gasteiger partial charge in [0.15, 0.2) is 0 Å². The molecule has 1 N–H and O–H groups in total. The molecule has 0 radical (unpaired) electrons. The zero-order chi connectivity index (χ0) is 15.5. The summed E-state index contributed by atoms with van der Waals surface area (Å²) in [6.07, 6.45) is 0. The quantitative estimate of drug-likeness (QED) is 0.629. The van der Waals surface area contributed by atoms with E-state index in [0.29, 0.717) is 11.8 Å². The highest BCUT2D eigenvalue weighted by atomic mass is 32.2. The van der Waals surface area contributed by atoms with Gasteiger partial charge in [0, 0.05) is 4.90 Å². The van der Waals surface area contributed by atoms with Crippen molar-refractivity contribution in [1.82, 2.24) is 4.72 Å². The fourth-order valence-corrected chi connectivity index (χ4v) is 2.19. The Hall–Kier alpha value is -1.00. The summed E-state index contributed by atoms with van der Waals surface area (Å²) < 4.78 is 7.56. The van der Waals surface area contributed by atoms with Crippen LogP contribution in [0.5, 0.6) is 0 Å². The number of carbonyl (C=O) groups excluding carboxylic acids is 1. The maximum Gasteiger partial charge on any atom is 0.320 e. The molecule has 0 saturated carbocycles. The Balaban J connectivity index is 0.00000172. The van der Waals surface area contributed by atoms with E-state index in [1.54, 1.807) is 0 Å². The molecule has 114 valence electrons. The van der Waals surface area contributed by atoms with E-state index in [1.165, 1.54) is 24.6 Å². The van der Waals surface area contributed by atoms with Crippen LogP contribution in [-0.4, -0.2) is 19.6 Å². The molecule has 0 amide bonds. The maximum atomic E-state index is 11.0. The molecule has 1 rings (SSSR count). The summed E-state index contributed by atoms with van der Waals surface area (Å²) in [6.45, 7) is 10.9. The van der Waals surface area contributed by atoms with Gasteiger partial charge >= 0.3 is 5.97 Å². The largest absolute Gasteiger partial charge is 0.468 e. The van der Waals surface area contributed by atoms with Crippen LogP contribution in [0.4, 0.5) is 0 Å². The summed E-state index contributed by atoms with van der Waals surface area (Å²) in [4.78, 5) is 12.1. The van der Waals surface area contributed by atoms with Crippen LogP contribution in [0.15, 0.2) is 29.2 Å². The van der Waals surface area contributed by atoms with Crippen molar-refractivity contribution in [3.63, 3.8) is 0 Å². The van der Waals surface area contributed by atoms with Crippen LogP contribution in [-0.2, 0) is 9.53 Å². The van der Waals surface area contributed by atoms with Gasteiger partial charge in [0.2, 0.25) is 0 Å². The number of rotatable bonds is 6. The number of ether oxygens (including phenoxy) is 1. The van der Waals surface area contributed by atoms with Crippen molar-refractivity contribution < 1.29 is 9.53 Å². The number of hydrogen-bond donors (Lipinski definition) is 1. The molecule has 0 fully saturated rings. The lowest BCUT2D eigenvalue weighted by Gasteiger charge is -2.16. The molecule has 1 aromatic rings. The fourth-order valence-electron chi connectivity index (χ4n) is 1.50. The maximum absolute atomic E-state index is 11.0. The Kier molecular flexibility index (Phi) is 10.2. The van der Waals surface area contributed by atoms with E-state index < -0.39 is 0 Å². The van der Waals surface area contributed by atoms with Gasteiger partial charge in [-0.05, 0) is 41.5 Å². The average Bonchev–Trinajstić information content (AvgIpc) is 2.48. The molecular formula is C16H27NO2S. The van der Waals surface area contributed by atoms with Crippen molar-refractivity contribution in [3.8, 4) is 0 Å². The highest BCUT2D eigenvalue weighted by Gasteiger charge is 2.10. The number of hydrogen-bond acceptors (Lipinski definition) is 4. The summed E-state index contributed by atoms with van der Waals surface area (Å²) in [6, 6.07) is 8.40. The molecule has 0 bridgehead atoms. The van der Waals surface area contributed by atoms with Crippen molar-refractivity contribution in [2.75, 3.05) is 13.7 Å². The van der Waals surface area contributed by atoms with Crippen LogP contribution in [0.1, 0.15) is 46.1 Å². The van der Waals surface area contributed by atoms with Gasteiger partial charge in [0.1, 0.15) is 6.54 Å². The minimum atomic E-state index is -0.255. The molecule has 0 aliphatic carbocycles. The van der Waals surface area contributed by atoms with E-state index >= 15 is 0 Å². The first-order valence-corrected chi connectivity index (χ1v) is 7.92. The number of esters is 1. The highest BCUT2D eigenvalue weighted by Crippen LogP contribution is 2.26. The van der Waals surface area contributed by atoms with Crippen LogP contribution in [0, 0.1) is 5.92 Å². The van der Waals surface area contributed by atoms with Crippen LogP contribution >= 0.6 is 11.9 Å². The van der Waals surface area contributed by atoms with Crippen molar-refractivity contribution in [1.29, 1.82) is 0 Å². The SMILES string of the molecule is CC.COC(=O)CNSc1cccc(C(C)C(C)C)c1. The number of nitrogens with one attached hydrogen (secondary N) is 1. The van der Waals surface area contributed by atoms with Gasteiger partial charge < -0.3 is 4.74 Å². The second kappa shape index (κ2) is 10.7. The summed E-state index contributed by atoms with van der Waals surface area (Å²) in [5, 5.41) is 0. The van der Waals surface area contributed by atoms with Crippen molar-refractivity contribution in [3.05, 3.63) is 29.8 Å². The third kappa shape index (κ3) is 6.96. The highest BCUT2D eigenvalue weighted by molar-refractivity contribution is 7.97. The Morgan fingerprint density at radius 3 is 2.50 bits per heavy atom. The van der Waals surface area contributed by atoms with E-state index in [9.17, 15) is 4.79 Å². The molecule has 1 unspecified atom stereocenters. The van der Waals surface area contributed by atoms with Crippen molar-refractivity contribution >= 4 is 17.9 Å². The molecule has 0 aliphatic rings. The molecule has 0 spiro atoms. The predicted octanol–water partition coefficient (Wildman–Crippen LogP) is 4.24. The minimum Gasteiger partial charge on any atom is -0.468 e. The molecule has 0 aromatic heterocycles. The van der Waals surface area contributed by atoms with Crippen molar-refractivity contribution in [2.24, 2.45) is 5.92 Å². The smallest absolute Gasteiger partial charge is 0.320 e. The Bertz CT molecular complexity index is 394.